The zero-order valence-corrected chi connectivity index (χ0v) is 17.0. The largest absolute Gasteiger partial charge is 0.381 e. The summed E-state index contributed by atoms with van der Waals surface area (Å²) in [5.41, 5.74) is 0. The normalized spacial score (nSPS) is 9.55. The second-order valence-corrected chi connectivity index (χ2v) is 6.09. The number of hydrogen-bond donors (Lipinski definition) is 0. The summed E-state index contributed by atoms with van der Waals surface area (Å²) in [5.74, 6) is 0. The van der Waals surface area contributed by atoms with Crippen LogP contribution in [0.4, 0.5) is 0 Å². The first-order valence-corrected chi connectivity index (χ1v) is 10.3. The Morgan fingerprint density at radius 2 is 0.636 bits per heavy atom. The summed E-state index contributed by atoms with van der Waals surface area (Å²) in [6.45, 7) is 15.2. The molecule has 0 saturated carbocycles. The molecule has 1 heteroatoms. The van der Waals surface area contributed by atoms with Gasteiger partial charge in [0.15, 0.2) is 0 Å². The highest BCUT2D eigenvalue weighted by Gasteiger charge is 1.84. The highest BCUT2D eigenvalue weighted by molar-refractivity contribution is 4.36. The zero-order valence-electron chi connectivity index (χ0n) is 17.0. The third-order valence-electron chi connectivity index (χ3n) is 3.45. The molecule has 0 aliphatic heterocycles. The molecule has 0 radical (unpaired) electrons. The highest BCUT2D eigenvalue weighted by atomic mass is 16.5. The standard InChI is InChI=1S/C8H18O.C7H16.C6H14/c1-3-5-7-9-8-6-4-2;1-3-5-7-6-4-2;1-3-5-6-4-2/h3-8H2,1-2H3;3-7H2,1-2H3;3-6H2,1-2H3. The van der Waals surface area contributed by atoms with Crippen LogP contribution in [-0.4, -0.2) is 13.2 Å². The molecule has 0 aromatic carbocycles. The predicted octanol–water partition coefficient (Wildman–Crippen LogP) is 8.17. The van der Waals surface area contributed by atoms with Crippen LogP contribution < -0.4 is 0 Å². The van der Waals surface area contributed by atoms with Crippen molar-refractivity contribution in [1.29, 1.82) is 0 Å². The van der Waals surface area contributed by atoms with Gasteiger partial charge in [-0.25, -0.2) is 0 Å². The highest BCUT2D eigenvalue weighted by Crippen LogP contribution is 2.00. The second-order valence-electron chi connectivity index (χ2n) is 6.09. The Balaban J connectivity index is -0.000000252. The second kappa shape index (κ2) is 32.8. The minimum absolute atomic E-state index is 0.955. The van der Waals surface area contributed by atoms with Crippen LogP contribution in [0.15, 0.2) is 0 Å². The maximum absolute atomic E-state index is 5.31. The summed E-state index contributed by atoms with van der Waals surface area (Å²) in [4.78, 5) is 0. The molecule has 138 valence electrons. The van der Waals surface area contributed by atoms with Gasteiger partial charge in [-0.15, -0.1) is 0 Å². The first kappa shape index (κ1) is 26.8. The molecular weight excluding hydrogens is 268 g/mol. The van der Waals surface area contributed by atoms with E-state index in [1.165, 1.54) is 83.5 Å². The average molecular weight is 317 g/mol. The summed E-state index contributed by atoms with van der Waals surface area (Å²) in [6.07, 6.45) is 17.5. The van der Waals surface area contributed by atoms with Gasteiger partial charge in [0, 0.05) is 13.2 Å². The zero-order chi connectivity index (χ0) is 17.3. The summed E-state index contributed by atoms with van der Waals surface area (Å²) >= 11 is 0. The van der Waals surface area contributed by atoms with Crippen molar-refractivity contribution >= 4 is 0 Å². The molecule has 0 aliphatic carbocycles. The van der Waals surface area contributed by atoms with Gasteiger partial charge in [0.25, 0.3) is 0 Å². The third-order valence-corrected chi connectivity index (χ3v) is 3.45. The summed E-state index contributed by atoms with van der Waals surface area (Å²) in [5, 5.41) is 0. The van der Waals surface area contributed by atoms with Crippen LogP contribution in [0.3, 0.4) is 0 Å². The van der Waals surface area contributed by atoms with Gasteiger partial charge in [-0.2, -0.15) is 0 Å². The molecule has 0 fully saturated rings. The molecule has 0 unspecified atom stereocenters. The number of ether oxygens (including phenoxy) is 1. The minimum Gasteiger partial charge on any atom is -0.381 e. The lowest BCUT2D eigenvalue weighted by Gasteiger charge is -1.99. The van der Waals surface area contributed by atoms with Gasteiger partial charge in [-0.3, -0.25) is 0 Å². The molecule has 0 bridgehead atoms. The van der Waals surface area contributed by atoms with Crippen molar-refractivity contribution in [2.24, 2.45) is 0 Å². The van der Waals surface area contributed by atoms with Gasteiger partial charge >= 0.3 is 0 Å². The maximum atomic E-state index is 5.31. The van der Waals surface area contributed by atoms with Crippen LogP contribution in [0.5, 0.6) is 0 Å². The van der Waals surface area contributed by atoms with Crippen molar-refractivity contribution < 1.29 is 4.74 Å². The molecule has 0 atom stereocenters. The summed E-state index contributed by atoms with van der Waals surface area (Å²) in [7, 11) is 0. The van der Waals surface area contributed by atoms with Gasteiger partial charge in [-0.1, -0.05) is 112 Å². The van der Waals surface area contributed by atoms with Crippen LogP contribution in [0.1, 0.15) is 125 Å². The number of unbranched alkanes of at least 4 members (excludes halogenated alkanes) is 9. The Labute approximate surface area is 143 Å². The molecule has 0 aromatic rings. The Kier molecular flexibility index (Phi) is 40.0. The van der Waals surface area contributed by atoms with E-state index in [0.29, 0.717) is 0 Å². The molecule has 0 aromatic heterocycles. The topological polar surface area (TPSA) is 9.23 Å². The molecule has 0 saturated heterocycles. The minimum atomic E-state index is 0.955. The fraction of sp³-hybridized carbons (Fsp3) is 1.00. The third kappa shape index (κ3) is 42.7. The molecule has 0 aliphatic rings. The van der Waals surface area contributed by atoms with Crippen LogP contribution in [0.25, 0.3) is 0 Å². The fourth-order valence-electron chi connectivity index (χ4n) is 1.77. The average Bonchev–Trinajstić information content (AvgIpc) is 2.54. The lowest BCUT2D eigenvalue weighted by atomic mass is 10.2. The van der Waals surface area contributed by atoms with Crippen LogP contribution in [0.2, 0.25) is 0 Å². The Bertz CT molecular complexity index is 120. The smallest absolute Gasteiger partial charge is 0.0465 e. The van der Waals surface area contributed by atoms with E-state index in [2.05, 4.69) is 41.5 Å². The van der Waals surface area contributed by atoms with Crippen molar-refractivity contribution in [2.45, 2.75) is 125 Å². The van der Waals surface area contributed by atoms with E-state index in [9.17, 15) is 0 Å². The van der Waals surface area contributed by atoms with Gasteiger partial charge in [0.1, 0.15) is 0 Å². The molecule has 1 nitrogen and oxygen atoms in total. The van der Waals surface area contributed by atoms with Crippen molar-refractivity contribution in [1.82, 2.24) is 0 Å². The van der Waals surface area contributed by atoms with Gasteiger partial charge < -0.3 is 4.74 Å². The van der Waals surface area contributed by atoms with Crippen LogP contribution in [0, 0.1) is 0 Å². The van der Waals surface area contributed by atoms with E-state index >= 15 is 0 Å². The molecule has 0 N–H and O–H groups in total. The molecular formula is C21H48O. The van der Waals surface area contributed by atoms with E-state index in [4.69, 9.17) is 4.74 Å². The van der Waals surface area contributed by atoms with Crippen molar-refractivity contribution in [3.8, 4) is 0 Å². The molecule has 0 amide bonds. The Morgan fingerprint density at radius 3 is 0.909 bits per heavy atom. The lowest BCUT2D eigenvalue weighted by molar-refractivity contribution is 0.128. The Hall–Kier alpha value is -0.0400. The summed E-state index contributed by atoms with van der Waals surface area (Å²) in [6, 6.07) is 0. The van der Waals surface area contributed by atoms with Gasteiger partial charge in [0.2, 0.25) is 0 Å². The summed E-state index contributed by atoms with van der Waals surface area (Å²) < 4.78 is 5.31. The monoisotopic (exact) mass is 316 g/mol. The lowest BCUT2D eigenvalue weighted by Crippen LogP contribution is -1.95. The first-order valence-electron chi connectivity index (χ1n) is 10.3. The molecule has 22 heavy (non-hydrogen) atoms. The SMILES string of the molecule is CCCCCC.CCCCCCC.CCCCOCCCC. The van der Waals surface area contributed by atoms with Crippen LogP contribution >= 0.6 is 0 Å². The number of rotatable bonds is 13. The molecule has 0 heterocycles. The van der Waals surface area contributed by atoms with Crippen molar-refractivity contribution in [3.05, 3.63) is 0 Å². The van der Waals surface area contributed by atoms with Crippen molar-refractivity contribution in [3.63, 3.8) is 0 Å². The van der Waals surface area contributed by atoms with Gasteiger partial charge in [0.05, 0.1) is 0 Å². The van der Waals surface area contributed by atoms with E-state index in [1.54, 1.807) is 0 Å². The van der Waals surface area contributed by atoms with Crippen molar-refractivity contribution in [2.75, 3.05) is 13.2 Å². The quantitative estimate of drug-likeness (QED) is 0.311. The van der Waals surface area contributed by atoms with Gasteiger partial charge in [-0.05, 0) is 12.8 Å². The first-order chi connectivity index (χ1) is 10.7. The fourth-order valence-corrected chi connectivity index (χ4v) is 1.77. The molecule has 0 rings (SSSR count). The van der Waals surface area contributed by atoms with E-state index < -0.39 is 0 Å². The number of hydrogen-bond acceptors (Lipinski definition) is 1. The van der Waals surface area contributed by atoms with E-state index in [0.717, 1.165) is 13.2 Å². The predicted molar refractivity (Wildman–Crippen MR) is 105 cm³/mol. The van der Waals surface area contributed by atoms with E-state index in [1.807, 2.05) is 0 Å². The Morgan fingerprint density at radius 1 is 0.364 bits per heavy atom. The van der Waals surface area contributed by atoms with E-state index in [-0.39, 0.29) is 0 Å². The van der Waals surface area contributed by atoms with Crippen LogP contribution in [-0.2, 0) is 4.74 Å². The molecule has 0 spiro atoms. The maximum Gasteiger partial charge on any atom is 0.0465 e.